The zero-order valence-corrected chi connectivity index (χ0v) is 8.06. The SMILES string of the molecule is CC(C)(C)O[C@@H]1CNC[C@H](F)C1. The molecule has 1 rings (SSSR count). The van der Waals surface area contributed by atoms with Crippen LogP contribution in [0.1, 0.15) is 27.2 Å². The maximum absolute atomic E-state index is 12.9. The third-order valence-corrected chi connectivity index (χ3v) is 1.78. The molecule has 72 valence electrons. The van der Waals surface area contributed by atoms with E-state index in [9.17, 15) is 4.39 Å². The minimum absolute atomic E-state index is 0.0359. The van der Waals surface area contributed by atoms with Gasteiger partial charge in [0.15, 0.2) is 0 Å². The van der Waals surface area contributed by atoms with Crippen LogP contribution in [0.15, 0.2) is 0 Å². The molecule has 0 saturated carbocycles. The first-order valence-electron chi connectivity index (χ1n) is 4.50. The van der Waals surface area contributed by atoms with Gasteiger partial charge in [0.2, 0.25) is 0 Å². The van der Waals surface area contributed by atoms with E-state index in [4.69, 9.17) is 4.74 Å². The lowest BCUT2D eigenvalue weighted by Gasteiger charge is -2.31. The summed E-state index contributed by atoms with van der Waals surface area (Å²) >= 11 is 0. The van der Waals surface area contributed by atoms with Crippen molar-refractivity contribution in [2.24, 2.45) is 0 Å². The Hall–Kier alpha value is -0.150. The van der Waals surface area contributed by atoms with Crippen molar-refractivity contribution in [2.45, 2.75) is 45.1 Å². The van der Waals surface area contributed by atoms with Gasteiger partial charge in [-0.3, -0.25) is 0 Å². The van der Waals surface area contributed by atoms with Crippen LogP contribution in [0.5, 0.6) is 0 Å². The molecule has 0 unspecified atom stereocenters. The first kappa shape index (κ1) is 9.93. The van der Waals surface area contributed by atoms with Crippen LogP contribution in [0.3, 0.4) is 0 Å². The van der Waals surface area contributed by atoms with Crippen molar-refractivity contribution in [1.29, 1.82) is 0 Å². The molecule has 1 saturated heterocycles. The summed E-state index contributed by atoms with van der Waals surface area (Å²) in [5.74, 6) is 0. The summed E-state index contributed by atoms with van der Waals surface area (Å²) in [4.78, 5) is 0. The highest BCUT2D eigenvalue weighted by Gasteiger charge is 2.25. The first-order valence-corrected chi connectivity index (χ1v) is 4.50. The second-order valence-corrected chi connectivity index (χ2v) is 4.34. The molecule has 0 aromatic heterocycles. The van der Waals surface area contributed by atoms with Gasteiger partial charge in [0.1, 0.15) is 6.17 Å². The van der Waals surface area contributed by atoms with Crippen molar-refractivity contribution in [2.75, 3.05) is 13.1 Å². The molecular weight excluding hydrogens is 157 g/mol. The summed E-state index contributed by atoms with van der Waals surface area (Å²) in [5.41, 5.74) is -0.163. The minimum Gasteiger partial charge on any atom is -0.371 e. The number of hydrogen-bond acceptors (Lipinski definition) is 2. The molecule has 1 heterocycles. The Morgan fingerprint density at radius 2 is 2.00 bits per heavy atom. The van der Waals surface area contributed by atoms with Crippen molar-refractivity contribution in [3.63, 3.8) is 0 Å². The van der Waals surface area contributed by atoms with Gasteiger partial charge in [-0.1, -0.05) is 0 Å². The van der Waals surface area contributed by atoms with Crippen molar-refractivity contribution in [1.82, 2.24) is 5.32 Å². The van der Waals surface area contributed by atoms with E-state index < -0.39 is 6.17 Å². The highest BCUT2D eigenvalue weighted by Crippen LogP contribution is 2.17. The molecule has 3 heteroatoms. The van der Waals surface area contributed by atoms with Gasteiger partial charge < -0.3 is 10.1 Å². The fourth-order valence-corrected chi connectivity index (χ4v) is 1.44. The molecule has 1 fully saturated rings. The van der Waals surface area contributed by atoms with Crippen LogP contribution in [0.4, 0.5) is 4.39 Å². The Bertz CT molecular complexity index is 144. The maximum Gasteiger partial charge on any atom is 0.115 e. The molecule has 1 aliphatic heterocycles. The molecular formula is C9H18FNO. The lowest BCUT2D eigenvalue weighted by molar-refractivity contribution is -0.0770. The molecule has 1 aliphatic rings. The number of halogens is 1. The smallest absolute Gasteiger partial charge is 0.115 e. The van der Waals surface area contributed by atoms with Crippen molar-refractivity contribution >= 4 is 0 Å². The van der Waals surface area contributed by atoms with Crippen LogP contribution >= 0.6 is 0 Å². The molecule has 1 N–H and O–H groups in total. The summed E-state index contributed by atoms with van der Waals surface area (Å²) in [6.45, 7) is 7.24. The highest BCUT2D eigenvalue weighted by molar-refractivity contribution is 4.78. The molecule has 0 bridgehead atoms. The zero-order chi connectivity index (χ0) is 9.19. The van der Waals surface area contributed by atoms with Gasteiger partial charge in [0.05, 0.1) is 11.7 Å². The quantitative estimate of drug-likeness (QED) is 0.652. The average molecular weight is 175 g/mol. The van der Waals surface area contributed by atoms with E-state index in [1.165, 1.54) is 0 Å². The van der Waals surface area contributed by atoms with Gasteiger partial charge >= 0.3 is 0 Å². The summed E-state index contributed by atoms with van der Waals surface area (Å²) in [7, 11) is 0. The van der Waals surface area contributed by atoms with Crippen molar-refractivity contribution in [3.8, 4) is 0 Å². The van der Waals surface area contributed by atoms with Crippen LogP contribution in [0, 0.1) is 0 Å². The summed E-state index contributed by atoms with van der Waals surface area (Å²) in [6, 6.07) is 0. The number of piperidine rings is 1. The Morgan fingerprint density at radius 3 is 2.50 bits per heavy atom. The van der Waals surface area contributed by atoms with Crippen LogP contribution in [-0.4, -0.2) is 31.0 Å². The van der Waals surface area contributed by atoms with Crippen LogP contribution in [-0.2, 0) is 4.74 Å². The summed E-state index contributed by atoms with van der Waals surface area (Å²) < 4.78 is 18.5. The van der Waals surface area contributed by atoms with E-state index in [1.54, 1.807) is 0 Å². The monoisotopic (exact) mass is 175 g/mol. The molecule has 0 aliphatic carbocycles. The maximum atomic E-state index is 12.9. The van der Waals surface area contributed by atoms with Gasteiger partial charge in [0, 0.05) is 19.5 Å². The molecule has 2 nitrogen and oxygen atoms in total. The van der Waals surface area contributed by atoms with E-state index >= 15 is 0 Å². The first-order chi connectivity index (χ1) is 5.47. The summed E-state index contributed by atoms with van der Waals surface area (Å²) in [5, 5.41) is 3.01. The van der Waals surface area contributed by atoms with Crippen LogP contribution < -0.4 is 5.32 Å². The van der Waals surface area contributed by atoms with Crippen LogP contribution in [0.25, 0.3) is 0 Å². The van der Waals surface area contributed by atoms with Crippen LogP contribution in [0.2, 0.25) is 0 Å². The number of ether oxygens (including phenoxy) is 1. The van der Waals surface area contributed by atoms with E-state index in [-0.39, 0.29) is 11.7 Å². The van der Waals surface area contributed by atoms with Gasteiger partial charge in [-0.05, 0) is 20.8 Å². The average Bonchev–Trinajstić information content (AvgIpc) is 1.82. The van der Waals surface area contributed by atoms with E-state index in [0.717, 1.165) is 6.54 Å². The Balaban J connectivity index is 2.32. The highest BCUT2D eigenvalue weighted by atomic mass is 19.1. The number of rotatable bonds is 1. The Labute approximate surface area is 73.5 Å². The fourth-order valence-electron chi connectivity index (χ4n) is 1.44. The van der Waals surface area contributed by atoms with E-state index in [1.807, 2.05) is 20.8 Å². The predicted molar refractivity (Wildman–Crippen MR) is 47.0 cm³/mol. The van der Waals surface area contributed by atoms with E-state index in [2.05, 4.69) is 5.32 Å². The van der Waals surface area contributed by atoms with Gasteiger partial charge in [0.25, 0.3) is 0 Å². The van der Waals surface area contributed by atoms with Crippen molar-refractivity contribution < 1.29 is 9.13 Å². The molecule has 2 atom stereocenters. The summed E-state index contributed by atoms with van der Waals surface area (Å²) in [6.07, 6.45) is -0.176. The minimum atomic E-state index is -0.744. The largest absolute Gasteiger partial charge is 0.371 e. The molecule has 0 aromatic carbocycles. The number of alkyl halides is 1. The lowest BCUT2D eigenvalue weighted by atomic mass is 10.1. The molecule has 0 radical (unpaired) electrons. The number of hydrogen-bond donors (Lipinski definition) is 1. The van der Waals surface area contributed by atoms with Gasteiger partial charge in [-0.15, -0.1) is 0 Å². The second-order valence-electron chi connectivity index (χ2n) is 4.34. The topological polar surface area (TPSA) is 21.3 Å². The predicted octanol–water partition coefficient (Wildman–Crippen LogP) is 1.50. The zero-order valence-electron chi connectivity index (χ0n) is 8.06. The third-order valence-electron chi connectivity index (χ3n) is 1.78. The molecule has 0 aromatic rings. The van der Waals surface area contributed by atoms with Gasteiger partial charge in [-0.2, -0.15) is 0 Å². The standard InChI is InChI=1S/C9H18FNO/c1-9(2,3)12-8-4-7(10)5-11-6-8/h7-8,11H,4-6H2,1-3H3/t7-,8+/m1/s1. The van der Waals surface area contributed by atoms with E-state index in [0.29, 0.717) is 13.0 Å². The molecule has 0 amide bonds. The molecule has 12 heavy (non-hydrogen) atoms. The normalized spacial score (nSPS) is 32.0. The second kappa shape index (κ2) is 3.71. The van der Waals surface area contributed by atoms with Gasteiger partial charge in [-0.25, -0.2) is 4.39 Å². The number of nitrogens with one attached hydrogen (secondary N) is 1. The van der Waals surface area contributed by atoms with Crippen molar-refractivity contribution in [3.05, 3.63) is 0 Å². The Kier molecular flexibility index (Phi) is 3.07. The lowest BCUT2D eigenvalue weighted by Crippen LogP contribution is -2.44. The third kappa shape index (κ3) is 3.50. The molecule has 0 spiro atoms. The Morgan fingerprint density at radius 1 is 1.33 bits per heavy atom. The fraction of sp³-hybridized carbons (Fsp3) is 1.00.